The van der Waals surface area contributed by atoms with Crippen LogP contribution in [0.2, 0.25) is 0 Å². The first kappa shape index (κ1) is 20.5. The van der Waals surface area contributed by atoms with E-state index in [1.165, 1.54) is 22.8 Å². The molecule has 1 aliphatic carbocycles. The van der Waals surface area contributed by atoms with Crippen LogP contribution < -0.4 is 16.2 Å². The minimum atomic E-state index is -0.638. The van der Waals surface area contributed by atoms with E-state index in [4.69, 9.17) is 0 Å². The summed E-state index contributed by atoms with van der Waals surface area (Å²) < 4.78 is 27.8. The molecule has 2 fully saturated rings. The predicted octanol–water partition coefficient (Wildman–Crippen LogP) is 3.76. The monoisotopic (exact) mass is 426 g/mol. The standard InChI is InChI=1S/C23H28F2N6/c1-3-26-9-14-10-27-11-17(12(14)2)13-4-5-19-16(6-13)21(31-30-19)23-28-20-8-15(24)7-18(25)22(20)29-23/h7-8,10-11,13,16,19,21,26,30-31H,3-6,9H2,1-2H3,(H,28,29). The summed E-state index contributed by atoms with van der Waals surface area (Å²) in [5, 5.41) is 3.39. The fraction of sp³-hybridized carbons (Fsp3) is 0.478. The Kier molecular flexibility index (Phi) is 5.45. The summed E-state index contributed by atoms with van der Waals surface area (Å²) in [6.07, 6.45) is 7.08. The molecule has 0 amide bonds. The lowest BCUT2D eigenvalue weighted by Gasteiger charge is -2.33. The van der Waals surface area contributed by atoms with Gasteiger partial charge in [-0.25, -0.2) is 19.2 Å². The Hall–Kier alpha value is -2.42. The molecule has 31 heavy (non-hydrogen) atoms. The molecule has 2 aromatic heterocycles. The molecule has 0 bridgehead atoms. The van der Waals surface area contributed by atoms with Crippen LogP contribution >= 0.6 is 0 Å². The van der Waals surface area contributed by atoms with Crippen molar-refractivity contribution in [3.05, 3.63) is 58.7 Å². The average molecular weight is 427 g/mol. The van der Waals surface area contributed by atoms with Crippen molar-refractivity contribution in [2.75, 3.05) is 6.54 Å². The molecular formula is C23H28F2N6. The summed E-state index contributed by atoms with van der Waals surface area (Å²) in [6.45, 7) is 6.05. The number of pyridine rings is 1. The molecule has 4 unspecified atom stereocenters. The lowest BCUT2D eigenvalue weighted by Crippen LogP contribution is -2.34. The molecule has 1 saturated carbocycles. The second-order valence-electron chi connectivity index (χ2n) is 8.75. The molecular weight excluding hydrogens is 398 g/mol. The largest absolute Gasteiger partial charge is 0.340 e. The van der Waals surface area contributed by atoms with E-state index in [2.05, 4.69) is 45.0 Å². The molecule has 1 aliphatic heterocycles. The van der Waals surface area contributed by atoms with E-state index in [1.54, 1.807) is 0 Å². The van der Waals surface area contributed by atoms with Crippen molar-refractivity contribution in [1.82, 2.24) is 31.1 Å². The van der Waals surface area contributed by atoms with Gasteiger partial charge in [-0.1, -0.05) is 6.92 Å². The van der Waals surface area contributed by atoms with Crippen LogP contribution in [0.15, 0.2) is 24.5 Å². The van der Waals surface area contributed by atoms with E-state index in [0.29, 0.717) is 29.2 Å². The zero-order valence-corrected chi connectivity index (χ0v) is 17.8. The SMILES string of the molecule is CCNCc1cncc(C2CCC3NNC(c4nc5c(F)cc(F)cc5[nH]4)C3C2)c1C. The molecule has 5 rings (SSSR count). The van der Waals surface area contributed by atoms with Gasteiger partial charge in [0.15, 0.2) is 5.82 Å². The molecule has 3 aromatic rings. The van der Waals surface area contributed by atoms with Crippen molar-refractivity contribution in [3.8, 4) is 0 Å². The Morgan fingerprint density at radius 3 is 2.87 bits per heavy atom. The molecule has 2 aliphatic rings. The summed E-state index contributed by atoms with van der Waals surface area (Å²) in [6, 6.07) is 2.42. The lowest BCUT2D eigenvalue weighted by atomic mass is 9.72. The van der Waals surface area contributed by atoms with Gasteiger partial charge in [0, 0.05) is 31.0 Å². The zero-order chi connectivity index (χ0) is 21.5. The number of fused-ring (bicyclic) bond motifs is 2. The van der Waals surface area contributed by atoms with Crippen LogP contribution in [0.1, 0.15) is 60.7 Å². The highest BCUT2D eigenvalue weighted by Gasteiger charge is 2.43. The third-order valence-corrected chi connectivity index (χ3v) is 6.93. The zero-order valence-electron chi connectivity index (χ0n) is 17.8. The van der Waals surface area contributed by atoms with E-state index < -0.39 is 11.6 Å². The molecule has 1 saturated heterocycles. The highest BCUT2D eigenvalue weighted by Crippen LogP contribution is 2.44. The number of hydrogen-bond donors (Lipinski definition) is 4. The maximum Gasteiger partial charge on any atom is 0.153 e. The van der Waals surface area contributed by atoms with Gasteiger partial charge < -0.3 is 10.3 Å². The fourth-order valence-corrected chi connectivity index (χ4v) is 5.26. The highest BCUT2D eigenvalue weighted by atomic mass is 19.1. The van der Waals surface area contributed by atoms with E-state index >= 15 is 0 Å². The number of H-pyrrole nitrogens is 1. The molecule has 6 nitrogen and oxygen atoms in total. The summed E-state index contributed by atoms with van der Waals surface area (Å²) >= 11 is 0. The van der Waals surface area contributed by atoms with Crippen molar-refractivity contribution in [3.63, 3.8) is 0 Å². The first-order valence-corrected chi connectivity index (χ1v) is 11.0. The Morgan fingerprint density at radius 2 is 2.03 bits per heavy atom. The molecule has 0 spiro atoms. The minimum absolute atomic E-state index is 0.0825. The second-order valence-corrected chi connectivity index (χ2v) is 8.75. The number of hydrogen-bond acceptors (Lipinski definition) is 5. The number of benzene rings is 1. The van der Waals surface area contributed by atoms with Gasteiger partial charge in [0.2, 0.25) is 0 Å². The van der Waals surface area contributed by atoms with E-state index in [9.17, 15) is 8.78 Å². The van der Waals surface area contributed by atoms with Crippen LogP contribution in [0, 0.1) is 24.5 Å². The number of aromatic nitrogens is 3. The van der Waals surface area contributed by atoms with Gasteiger partial charge in [0.1, 0.15) is 17.2 Å². The van der Waals surface area contributed by atoms with Gasteiger partial charge in [0.25, 0.3) is 0 Å². The Bertz CT molecular complexity index is 1100. The van der Waals surface area contributed by atoms with Gasteiger partial charge in [0.05, 0.1) is 11.6 Å². The first-order valence-electron chi connectivity index (χ1n) is 11.0. The summed E-state index contributed by atoms with van der Waals surface area (Å²) in [5.74, 6) is 0.118. The van der Waals surface area contributed by atoms with Crippen molar-refractivity contribution >= 4 is 11.0 Å². The molecule has 4 atom stereocenters. The van der Waals surface area contributed by atoms with E-state index in [1.807, 2.05) is 12.4 Å². The number of halogens is 2. The summed E-state index contributed by atoms with van der Waals surface area (Å²) in [5.41, 5.74) is 11.2. The first-order chi connectivity index (χ1) is 15.0. The Morgan fingerprint density at radius 1 is 1.16 bits per heavy atom. The number of nitrogens with zero attached hydrogens (tertiary/aromatic N) is 2. The molecule has 164 valence electrons. The minimum Gasteiger partial charge on any atom is -0.340 e. The molecule has 1 aromatic carbocycles. The van der Waals surface area contributed by atoms with Crippen LogP contribution in [0.4, 0.5) is 8.78 Å². The quantitative estimate of drug-likeness (QED) is 0.500. The van der Waals surface area contributed by atoms with Crippen LogP contribution in [-0.2, 0) is 6.54 Å². The van der Waals surface area contributed by atoms with Crippen molar-refractivity contribution < 1.29 is 8.78 Å². The van der Waals surface area contributed by atoms with E-state index in [-0.39, 0.29) is 11.6 Å². The van der Waals surface area contributed by atoms with Gasteiger partial charge in [-0.3, -0.25) is 10.4 Å². The number of rotatable bonds is 5. The number of imidazole rings is 1. The molecule has 8 heteroatoms. The van der Waals surface area contributed by atoms with Crippen LogP contribution in [0.5, 0.6) is 0 Å². The lowest BCUT2D eigenvalue weighted by molar-refractivity contribution is 0.274. The maximum atomic E-state index is 14.2. The average Bonchev–Trinajstić information content (AvgIpc) is 3.36. The number of hydrazine groups is 1. The van der Waals surface area contributed by atoms with E-state index in [0.717, 1.165) is 38.4 Å². The fourth-order valence-electron chi connectivity index (χ4n) is 5.26. The third-order valence-electron chi connectivity index (χ3n) is 6.93. The van der Waals surface area contributed by atoms with Gasteiger partial charge in [-0.05, 0) is 67.3 Å². The number of aromatic amines is 1. The number of nitrogens with one attached hydrogen (secondary N) is 4. The third kappa shape index (κ3) is 3.73. The predicted molar refractivity (Wildman–Crippen MR) is 115 cm³/mol. The summed E-state index contributed by atoms with van der Waals surface area (Å²) in [7, 11) is 0. The molecule has 3 heterocycles. The van der Waals surface area contributed by atoms with Crippen LogP contribution in [0.3, 0.4) is 0 Å². The van der Waals surface area contributed by atoms with Gasteiger partial charge in [-0.2, -0.15) is 0 Å². The smallest absolute Gasteiger partial charge is 0.153 e. The topological polar surface area (TPSA) is 77.7 Å². The van der Waals surface area contributed by atoms with Gasteiger partial charge in [-0.15, -0.1) is 0 Å². The van der Waals surface area contributed by atoms with Crippen molar-refractivity contribution in [2.24, 2.45) is 5.92 Å². The van der Waals surface area contributed by atoms with Crippen molar-refractivity contribution in [2.45, 2.75) is 57.7 Å². The Labute approximate surface area is 180 Å². The van der Waals surface area contributed by atoms with Gasteiger partial charge >= 0.3 is 0 Å². The molecule has 4 N–H and O–H groups in total. The normalized spacial score (nSPS) is 25.8. The van der Waals surface area contributed by atoms with Crippen molar-refractivity contribution in [1.29, 1.82) is 0 Å². The highest BCUT2D eigenvalue weighted by molar-refractivity contribution is 5.75. The maximum absolute atomic E-state index is 14.2. The second kappa shape index (κ2) is 8.26. The molecule has 0 radical (unpaired) electrons. The Balaban J connectivity index is 1.41. The van der Waals surface area contributed by atoms with Crippen LogP contribution in [-0.4, -0.2) is 27.5 Å². The van der Waals surface area contributed by atoms with Crippen LogP contribution in [0.25, 0.3) is 11.0 Å². The summed E-state index contributed by atoms with van der Waals surface area (Å²) in [4.78, 5) is 12.1.